The predicted molar refractivity (Wildman–Crippen MR) is 93.3 cm³/mol. The quantitative estimate of drug-likeness (QED) is 0.571. The van der Waals surface area contributed by atoms with E-state index in [2.05, 4.69) is 15.6 Å². The number of hydrogen-bond acceptors (Lipinski definition) is 6. The minimum Gasteiger partial charge on any atom is -0.478 e. The first-order valence-corrected chi connectivity index (χ1v) is 8.25. The van der Waals surface area contributed by atoms with Gasteiger partial charge in [0.1, 0.15) is 17.2 Å². The number of nitrogens with zero attached hydrogens (tertiary/aromatic N) is 1. The van der Waals surface area contributed by atoms with Gasteiger partial charge in [-0.05, 0) is 39.5 Å². The van der Waals surface area contributed by atoms with Gasteiger partial charge in [-0.25, -0.2) is 9.78 Å². The molecule has 7 heteroatoms. The maximum absolute atomic E-state index is 11.5. The van der Waals surface area contributed by atoms with Crippen molar-refractivity contribution < 1.29 is 14.7 Å². The van der Waals surface area contributed by atoms with Crippen molar-refractivity contribution in [3.05, 3.63) is 17.3 Å². The standard InChI is InChI=1S/C17H24N4O3/c1-3-19-16-13(8-18)15(14(9-20-16)17(23)24)21-12-6-4-11(5-7-12)10(2)22/h8-9,11-12,18H,3-7H2,1-2H3,(H,23,24)(H2,19,20,21). The second-order valence-electron chi connectivity index (χ2n) is 6.09. The van der Waals surface area contributed by atoms with E-state index in [1.54, 1.807) is 6.92 Å². The average molecular weight is 332 g/mol. The van der Waals surface area contributed by atoms with Crippen LogP contribution in [-0.4, -0.2) is 40.6 Å². The molecule has 2 rings (SSSR count). The first-order valence-electron chi connectivity index (χ1n) is 8.25. The van der Waals surface area contributed by atoms with Gasteiger partial charge in [0.05, 0.1) is 11.3 Å². The number of carbonyl (C=O) groups is 2. The molecule has 0 radical (unpaired) electrons. The number of nitrogens with one attached hydrogen (secondary N) is 3. The van der Waals surface area contributed by atoms with E-state index in [0.717, 1.165) is 31.9 Å². The third-order valence-corrected chi connectivity index (χ3v) is 4.49. The molecule has 1 aromatic heterocycles. The fourth-order valence-corrected chi connectivity index (χ4v) is 3.14. The lowest BCUT2D eigenvalue weighted by molar-refractivity contribution is -0.121. The summed E-state index contributed by atoms with van der Waals surface area (Å²) in [6.45, 7) is 4.17. The molecule has 130 valence electrons. The fourth-order valence-electron chi connectivity index (χ4n) is 3.14. The number of carbonyl (C=O) groups excluding carboxylic acids is 1. The van der Waals surface area contributed by atoms with Crippen molar-refractivity contribution in [1.82, 2.24) is 4.98 Å². The minimum absolute atomic E-state index is 0.0591. The van der Waals surface area contributed by atoms with Crippen molar-refractivity contribution in [2.24, 2.45) is 5.92 Å². The number of Topliss-reactive ketones (excluding diaryl/α,β-unsaturated/α-hetero) is 1. The molecule has 1 saturated carbocycles. The van der Waals surface area contributed by atoms with E-state index in [9.17, 15) is 14.7 Å². The number of ketones is 1. The summed E-state index contributed by atoms with van der Waals surface area (Å²) in [5.41, 5.74) is 0.934. The van der Waals surface area contributed by atoms with Crippen molar-refractivity contribution in [1.29, 1.82) is 5.41 Å². The van der Waals surface area contributed by atoms with E-state index < -0.39 is 5.97 Å². The Balaban J connectivity index is 2.27. The van der Waals surface area contributed by atoms with Gasteiger partial charge in [0.25, 0.3) is 0 Å². The summed E-state index contributed by atoms with van der Waals surface area (Å²) in [5.74, 6) is -0.247. The maximum Gasteiger partial charge on any atom is 0.339 e. The van der Waals surface area contributed by atoms with Crippen LogP contribution in [0.15, 0.2) is 6.20 Å². The molecule has 4 N–H and O–H groups in total. The van der Waals surface area contributed by atoms with Gasteiger partial charge in [0, 0.05) is 30.9 Å². The predicted octanol–water partition coefficient (Wildman–Crippen LogP) is 2.77. The Bertz CT molecular complexity index is 637. The van der Waals surface area contributed by atoms with Gasteiger partial charge in [0.15, 0.2) is 0 Å². The third kappa shape index (κ3) is 3.90. The van der Waals surface area contributed by atoms with Crippen LogP contribution in [0.25, 0.3) is 0 Å². The SMILES string of the molecule is CCNc1ncc(C(=O)O)c(NC2CCC(C(C)=O)CC2)c1C=N. The molecule has 0 aromatic carbocycles. The number of rotatable bonds is 7. The van der Waals surface area contributed by atoms with Crippen LogP contribution in [0.3, 0.4) is 0 Å². The molecule has 0 unspecified atom stereocenters. The highest BCUT2D eigenvalue weighted by molar-refractivity contribution is 6.02. The van der Waals surface area contributed by atoms with Crippen LogP contribution >= 0.6 is 0 Å². The van der Waals surface area contributed by atoms with E-state index in [1.807, 2.05) is 6.92 Å². The Morgan fingerprint density at radius 2 is 2.04 bits per heavy atom. The lowest BCUT2D eigenvalue weighted by atomic mass is 9.83. The lowest BCUT2D eigenvalue weighted by Gasteiger charge is -2.29. The summed E-state index contributed by atoms with van der Waals surface area (Å²) in [5, 5.41) is 23.4. The van der Waals surface area contributed by atoms with Crippen LogP contribution in [0.4, 0.5) is 11.5 Å². The first-order chi connectivity index (χ1) is 11.5. The summed E-state index contributed by atoms with van der Waals surface area (Å²) in [7, 11) is 0. The van der Waals surface area contributed by atoms with Crippen molar-refractivity contribution in [2.45, 2.75) is 45.6 Å². The molecule has 1 aliphatic rings. The summed E-state index contributed by atoms with van der Waals surface area (Å²) in [4.78, 5) is 27.1. The average Bonchev–Trinajstić information content (AvgIpc) is 2.55. The molecule has 7 nitrogen and oxygen atoms in total. The zero-order valence-corrected chi connectivity index (χ0v) is 14.1. The van der Waals surface area contributed by atoms with E-state index in [4.69, 9.17) is 5.41 Å². The Kier molecular flexibility index (Phi) is 5.89. The van der Waals surface area contributed by atoms with E-state index in [0.29, 0.717) is 23.6 Å². The van der Waals surface area contributed by atoms with Crippen molar-refractivity contribution in [2.75, 3.05) is 17.2 Å². The Morgan fingerprint density at radius 3 is 2.54 bits per heavy atom. The highest BCUT2D eigenvalue weighted by Crippen LogP contribution is 2.31. The molecule has 0 amide bonds. The molecule has 1 heterocycles. The van der Waals surface area contributed by atoms with Crippen LogP contribution in [0.1, 0.15) is 55.5 Å². The number of hydrogen-bond donors (Lipinski definition) is 4. The van der Waals surface area contributed by atoms with E-state index in [-0.39, 0.29) is 23.3 Å². The highest BCUT2D eigenvalue weighted by Gasteiger charge is 2.26. The number of anilines is 2. The smallest absolute Gasteiger partial charge is 0.339 e. The lowest BCUT2D eigenvalue weighted by Crippen LogP contribution is -2.30. The van der Waals surface area contributed by atoms with Crippen LogP contribution in [0.2, 0.25) is 0 Å². The second-order valence-corrected chi connectivity index (χ2v) is 6.09. The third-order valence-electron chi connectivity index (χ3n) is 4.49. The maximum atomic E-state index is 11.5. The van der Waals surface area contributed by atoms with Crippen molar-refractivity contribution in [3.63, 3.8) is 0 Å². The van der Waals surface area contributed by atoms with Gasteiger partial charge in [-0.3, -0.25) is 4.79 Å². The number of carboxylic acids is 1. The largest absolute Gasteiger partial charge is 0.478 e. The number of aromatic carboxylic acids is 1. The molecule has 0 spiro atoms. The molecule has 1 aromatic rings. The molecule has 0 bridgehead atoms. The molecule has 0 saturated heterocycles. The Labute approximate surface area is 141 Å². The zero-order valence-electron chi connectivity index (χ0n) is 14.1. The number of pyridine rings is 1. The second kappa shape index (κ2) is 7.90. The van der Waals surface area contributed by atoms with Gasteiger partial charge in [0.2, 0.25) is 0 Å². The van der Waals surface area contributed by atoms with Crippen LogP contribution in [-0.2, 0) is 4.79 Å². The summed E-state index contributed by atoms with van der Waals surface area (Å²) in [6.07, 6.45) is 5.66. The molecular weight excluding hydrogens is 308 g/mol. The first kappa shape index (κ1) is 17.9. The summed E-state index contributed by atoms with van der Waals surface area (Å²) >= 11 is 0. The van der Waals surface area contributed by atoms with Gasteiger partial charge >= 0.3 is 5.97 Å². The molecule has 0 aliphatic heterocycles. The molecule has 1 fully saturated rings. The molecule has 24 heavy (non-hydrogen) atoms. The monoisotopic (exact) mass is 332 g/mol. The molecular formula is C17H24N4O3. The van der Waals surface area contributed by atoms with Crippen molar-refractivity contribution in [3.8, 4) is 0 Å². The van der Waals surface area contributed by atoms with Crippen molar-refractivity contribution >= 4 is 29.5 Å². The van der Waals surface area contributed by atoms with Crippen LogP contribution in [0.5, 0.6) is 0 Å². The fraction of sp³-hybridized carbons (Fsp3) is 0.529. The Morgan fingerprint density at radius 1 is 1.38 bits per heavy atom. The topological polar surface area (TPSA) is 115 Å². The van der Waals surface area contributed by atoms with Gasteiger partial charge < -0.3 is 21.1 Å². The van der Waals surface area contributed by atoms with Crippen LogP contribution < -0.4 is 10.6 Å². The normalized spacial score (nSPS) is 20.2. The molecule has 1 aliphatic carbocycles. The van der Waals surface area contributed by atoms with Gasteiger partial charge in [-0.1, -0.05) is 0 Å². The zero-order chi connectivity index (χ0) is 17.7. The van der Waals surface area contributed by atoms with Gasteiger partial charge in [-0.15, -0.1) is 0 Å². The van der Waals surface area contributed by atoms with Crippen LogP contribution in [0, 0.1) is 11.3 Å². The number of carboxylic acid groups (broad SMARTS) is 1. The highest BCUT2D eigenvalue weighted by atomic mass is 16.4. The number of aromatic nitrogens is 1. The Hall–Kier alpha value is -2.44. The summed E-state index contributed by atoms with van der Waals surface area (Å²) < 4.78 is 0. The van der Waals surface area contributed by atoms with E-state index >= 15 is 0 Å². The van der Waals surface area contributed by atoms with Gasteiger partial charge in [-0.2, -0.15) is 0 Å². The summed E-state index contributed by atoms with van der Waals surface area (Å²) in [6, 6.07) is 0.0919. The minimum atomic E-state index is -1.08. The van der Waals surface area contributed by atoms with E-state index in [1.165, 1.54) is 6.20 Å². The molecule has 0 atom stereocenters.